The zero-order valence-corrected chi connectivity index (χ0v) is 11.4. The second-order valence-corrected chi connectivity index (χ2v) is 5.90. The van der Waals surface area contributed by atoms with Crippen LogP contribution in [0.4, 0.5) is 0 Å². The summed E-state index contributed by atoms with van der Waals surface area (Å²) in [6.45, 7) is 2.32. The molecule has 1 amide bonds. The quantitative estimate of drug-likeness (QED) is 0.823. The van der Waals surface area contributed by atoms with Crippen LogP contribution in [0.1, 0.15) is 22.7 Å². The lowest BCUT2D eigenvalue weighted by Gasteiger charge is -2.23. The van der Waals surface area contributed by atoms with Crippen LogP contribution in [-0.2, 0) is 16.1 Å². The number of nitrogens with one attached hydrogen (secondary N) is 1. The van der Waals surface area contributed by atoms with Crippen LogP contribution in [0.2, 0.25) is 0 Å². The number of amides is 1. The van der Waals surface area contributed by atoms with Crippen LogP contribution in [0.5, 0.6) is 0 Å². The van der Waals surface area contributed by atoms with Crippen molar-refractivity contribution in [1.29, 1.82) is 0 Å². The van der Waals surface area contributed by atoms with E-state index in [1.165, 1.54) is 11.3 Å². The topological polar surface area (TPSA) is 79.3 Å². The Hall–Kier alpha value is -1.69. The maximum atomic E-state index is 12.1. The van der Waals surface area contributed by atoms with Gasteiger partial charge in [-0.2, -0.15) is 0 Å². The van der Waals surface area contributed by atoms with Gasteiger partial charge < -0.3 is 10.4 Å². The van der Waals surface area contributed by atoms with Gasteiger partial charge in [0.2, 0.25) is 5.91 Å². The van der Waals surface area contributed by atoms with Crippen molar-refractivity contribution in [3.05, 3.63) is 28.2 Å². The molecule has 102 valence electrons. The van der Waals surface area contributed by atoms with Gasteiger partial charge in [-0.1, -0.05) is 12.2 Å². The third-order valence-electron chi connectivity index (χ3n) is 3.17. The summed E-state index contributed by atoms with van der Waals surface area (Å²) in [7, 11) is 0. The van der Waals surface area contributed by atoms with Crippen LogP contribution < -0.4 is 5.32 Å². The Morgan fingerprint density at radius 3 is 2.68 bits per heavy atom. The molecule has 0 aromatic carbocycles. The first-order chi connectivity index (χ1) is 9.08. The molecular formula is C13H16N2O3S. The highest BCUT2D eigenvalue weighted by Crippen LogP contribution is 2.26. The van der Waals surface area contributed by atoms with Crippen LogP contribution in [0.15, 0.2) is 18.3 Å². The van der Waals surface area contributed by atoms with E-state index in [1.54, 1.807) is 6.20 Å². The molecule has 0 radical (unpaired) electrons. The fourth-order valence-corrected chi connectivity index (χ4v) is 2.88. The average Bonchev–Trinajstić information content (AvgIpc) is 2.81. The Morgan fingerprint density at radius 1 is 1.42 bits per heavy atom. The minimum absolute atomic E-state index is 0.204. The number of rotatable bonds is 4. The molecule has 1 heterocycles. The van der Waals surface area contributed by atoms with Crippen molar-refractivity contribution in [2.24, 2.45) is 11.8 Å². The molecule has 2 rings (SSSR count). The number of aromatic nitrogens is 1. The molecule has 1 aromatic rings. The van der Waals surface area contributed by atoms with Crippen LogP contribution in [0.25, 0.3) is 0 Å². The molecule has 2 atom stereocenters. The Labute approximate surface area is 115 Å². The number of hydrogen-bond acceptors (Lipinski definition) is 4. The van der Waals surface area contributed by atoms with Gasteiger partial charge in [-0.05, 0) is 19.8 Å². The van der Waals surface area contributed by atoms with Crippen LogP contribution in [-0.4, -0.2) is 22.0 Å². The average molecular weight is 280 g/mol. The second kappa shape index (κ2) is 5.97. The number of carboxylic acid groups (broad SMARTS) is 1. The van der Waals surface area contributed by atoms with Crippen molar-refractivity contribution >= 4 is 23.2 Å². The fraction of sp³-hybridized carbons (Fsp3) is 0.462. The fourth-order valence-electron chi connectivity index (χ4n) is 2.15. The van der Waals surface area contributed by atoms with Crippen molar-refractivity contribution in [3.8, 4) is 0 Å². The number of carbonyl (C=O) groups is 2. The van der Waals surface area contributed by atoms with Crippen molar-refractivity contribution in [3.63, 3.8) is 0 Å². The van der Waals surface area contributed by atoms with Gasteiger partial charge in [0, 0.05) is 11.1 Å². The SMILES string of the molecule is Cc1cnc(CNC(=O)C2CC=CCC2C(=O)O)s1. The second-order valence-electron chi connectivity index (χ2n) is 4.58. The van der Waals surface area contributed by atoms with Crippen LogP contribution >= 0.6 is 11.3 Å². The molecule has 1 aliphatic carbocycles. The van der Waals surface area contributed by atoms with Crippen LogP contribution in [0, 0.1) is 18.8 Å². The number of carboxylic acids is 1. The number of allylic oxidation sites excluding steroid dienone is 2. The lowest BCUT2D eigenvalue weighted by Crippen LogP contribution is -2.38. The number of hydrogen-bond donors (Lipinski definition) is 2. The number of nitrogens with zero attached hydrogens (tertiary/aromatic N) is 1. The van der Waals surface area contributed by atoms with Crippen molar-refractivity contribution < 1.29 is 14.7 Å². The summed E-state index contributed by atoms with van der Waals surface area (Å²) in [5.74, 6) is -2.22. The molecular weight excluding hydrogens is 264 g/mol. The molecule has 6 heteroatoms. The predicted octanol–water partition coefficient (Wildman–Crippen LogP) is 1.73. The number of aliphatic carboxylic acids is 1. The van der Waals surface area contributed by atoms with Crippen molar-refractivity contribution in [1.82, 2.24) is 10.3 Å². The van der Waals surface area contributed by atoms with Gasteiger partial charge in [0.15, 0.2) is 0 Å². The van der Waals surface area contributed by atoms with Gasteiger partial charge in [0.05, 0.1) is 18.4 Å². The highest BCUT2D eigenvalue weighted by Gasteiger charge is 2.33. The van der Waals surface area contributed by atoms with Gasteiger partial charge in [-0.3, -0.25) is 9.59 Å². The van der Waals surface area contributed by atoms with Gasteiger partial charge in [-0.15, -0.1) is 11.3 Å². The van der Waals surface area contributed by atoms with Gasteiger partial charge in [0.25, 0.3) is 0 Å². The molecule has 2 unspecified atom stereocenters. The van der Waals surface area contributed by atoms with Gasteiger partial charge in [-0.25, -0.2) is 4.98 Å². The molecule has 5 nitrogen and oxygen atoms in total. The molecule has 2 N–H and O–H groups in total. The molecule has 19 heavy (non-hydrogen) atoms. The molecule has 0 spiro atoms. The Bertz CT molecular complexity index is 510. The highest BCUT2D eigenvalue weighted by molar-refractivity contribution is 7.11. The predicted molar refractivity (Wildman–Crippen MR) is 71.7 cm³/mol. The minimum atomic E-state index is -0.908. The standard InChI is InChI=1S/C13H16N2O3S/c1-8-6-14-11(19-8)7-15-12(16)9-4-2-3-5-10(9)13(17)18/h2-3,6,9-10H,4-5,7H2,1H3,(H,15,16)(H,17,18). The van der Waals surface area contributed by atoms with E-state index in [4.69, 9.17) is 5.11 Å². The van der Waals surface area contributed by atoms with E-state index in [-0.39, 0.29) is 5.91 Å². The zero-order chi connectivity index (χ0) is 13.8. The summed E-state index contributed by atoms with van der Waals surface area (Å²) >= 11 is 1.53. The smallest absolute Gasteiger partial charge is 0.307 e. The third-order valence-corrected chi connectivity index (χ3v) is 4.08. The Kier molecular flexibility index (Phi) is 4.31. The summed E-state index contributed by atoms with van der Waals surface area (Å²) in [5, 5.41) is 12.7. The van der Waals surface area contributed by atoms with Crippen molar-refractivity contribution in [2.75, 3.05) is 0 Å². The van der Waals surface area contributed by atoms with E-state index in [0.29, 0.717) is 19.4 Å². The van der Waals surface area contributed by atoms with Gasteiger partial charge >= 0.3 is 5.97 Å². The lowest BCUT2D eigenvalue weighted by atomic mass is 9.82. The largest absolute Gasteiger partial charge is 0.481 e. The van der Waals surface area contributed by atoms with E-state index >= 15 is 0 Å². The van der Waals surface area contributed by atoms with Crippen LogP contribution in [0.3, 0.4) is 0 Å². The Balaban J connectivity index is 1.95. The number of aryl methyl sites for hydroxylation is 1. The maximum absolute atomic E-state index is 12.1. The molecule has 1 aliphatic rings. The first-order valence-corrected chi connectivity index (χ1v) is 6.96. The zero-order valence-electron chi connectivity index (χ0n) is 10.6. The van der Waals surface area contributed by atoms with E-state index in [2.05, 4.69) is 10.3 Å². The summed E-state index contributed by atoms with van der Waals surface area (Å²) < 4.78 is 0. The molecule has 0 aliphatic heterocycles. The number of thiazole rings is 1. The summed E-state index contributed by atoms with van der Waals surface area (Å²) in [5.41, 5.74) is 0. The summed E-state index contributed by atoms with van der Waals surface area (Å²) in [4.78, 5) is 28.4. The third kappa shape index (κ3) is 3.41. The van der Waals surface area contributed by atoms with E-state index < -0.39 is 17.8 Å². The Morgan fingerprint density at radius 2 is 2.11 bits per heavy atom. The lowest BCUT2D eigenvalue weighted by molar-refractivity contribution is -0.147. The molecule has 0 saturated heterocycles. The maximum Gasteiger partial charge on any atom is 0.307 e. The van der Waals surface area contributed by atoms with E-state index in [9.17, 15) is 9.59 Å². The van der Waals surface area contributed by atoms with Gasteiger partial charge in [0.1, 0.15) is 5.01 Å². The summed E-state index contributed by atoms with van der Waals surface area (Å²) in [6, 6.07) is 0. The normalized spacial score (nSPS) is 22.2. The monoisotopic (exact) mass is 280 g/mol. The van der Waals surface area contributed by atoms with E-state index in [1.807, 2.05) is 19.1 Å². The molecule has 0 fully saturated rings. The molecule has 1 aromatic heterocycles. The molecule has 0 bridgehead atoms. The van der Waals surface area contributed by atoms with E-state index in [0.717, 1.165) is 9.88 Å². The number of carbonyl (C=O) groups excluding carboxylic acids is 1. The minimum Gasteiger partial charge on any atom is -0.481 e. The van der Waals surface area contributed by atoms with Crippen molar-refractivity contribution in [2.45, 2.75) is 26.3 Å². The first kappa shape index (κ1) is 13.7. The molecule has 0 saturated carbocycles. The summed E-state index contributed by atoms with van der Waals surface area (Å²) in [6.07, 6.45) is 6.36. The highest BCUT2D eigenvalue weighted by atomic mass is 32.1. The first-order valence-electron chi connectivity index (χ1n) is 6.14.